The van der Waals surface area contributed by atoms with Gasteiger partial charge in [-0.2, -0.15) is 0 Å². The summed E-state index contributed by atoms with van der Waals surface area (Å²) in [7, 11) is 0. The molecule has 5 nitrogen and oxygen atoms in total. The summed E-state index contributed by atoms with van der Waals surface area (Å²) in [6, 6.07) is 0.154. The van der Waals surface area contributed by atoms with E-state index in [-0.39, 0.29) is 12.5 Å². The van der Waals surface area contributed by atoms with Gasteiger partial charge in [0.15, 0.2) is 0 Å². The number of hydrogen-bond donors (Lipinski definition) is 1. The standard InChI is InChI=1S/C15H26N2O3/c1-11-8-17(9-12(11)2)15(20)16-7-3-4-13(10-16)5-6-14(18)19/h11-13H,3-10H2,1-2H3,(H,18,19). The van der Waals surface area contributed by atoms with E-state index in [1.807, 2.05) is 9.80 Å². The van der Waals surface area contributed by atoms with Gasteiger partial charge in [0.1, 0.15) is 0 Å². The van der Waals surface area contributed by atoms with Crippen molar-refractivity contribution in [3.05, 3.63) is 0 Å². The summed E-state index contributed by atoms with van der Waals surface area (Å²) in [6.07, 6.45) is 2.94. The number of nitrogens with zero attached hydrogens (tertiary/aromatic N) is 2. The molecule has 3 unspecified atom stereocenters. The lowest BCUT2D eigenvalue weighted by molar-refractivity contribution is -0.137. The van der Waals surface area contributed by atoms with E-state index in [0.29, 0.717) is 24.2 Å². The molecule has 0 spiro atoms. The number of carboxylic acids is 1. The second-order valence-electron chi connectivity index (χ2n) is 6.53. The van der Waals surface area contributed by atoms with Crippen LogP contribution in [0.4, 0.5) is 4.79 Å². The zero-order valence-corrected chi connectivity index (χ0v) is 12.5. The molecule has 1 N–H and O–H groups in total. The summed E-state index contributed by atoms with van der Waals surface area (Å²) in [5, 5.41) is 8.76. The first-order valence-electron chi connectivity index (χ1n) is 7.73. The summed E-state index contributed by atoms with van der Waals surface area (Å²) in [4.78, 5) is 27.1. The molecule has 0 aromatic rings. The fourth-order valence-corrected chi connectivity index (χ4v) is 3.29. The zero-order chi connectivity index (χ0) is 14.7. The van der Waals surface area contributed by atoms with E-state index in [9.17, 15) is 9.59 Å². The van der Waals surface area contributed by atoms with Crippen LogP contribution in [-0.4, -0.2) is 53.1 Å². The van der Waals surface area contributed by atoms with Gasteiger partial charge in [-0.3, -0.25) is 4.79 Å². The minimum Gasteiger partial charge on any atom is -0.481 e. The molecule has 2 aliphatic rings. The molecule has 3 atom stereocenters. The largest absolute Gasteiger partial charge is 0.481 e. The lowest BCUT2D eigenvalue weighted by Gasteiger charge is -2.35. The van der Waals surface area contributed by atoms with Crippen molar-refractivity contribution in [2.24, 2.45) is 17.8 Å². The molecule has 0 aromatic carbocycles. The Kier molecular flexibility index (Phi) is 4.89. The molecule has 0 saturated carbocycles. The molecule has 5 heteroatoms. The lowest BCUT2D eigenvalue weighted by Crippen LogP contribution is -2.47. The third-order valence-electron chi connectivity index (χ3n) is 4.81. The Hall–Kier alpha value is -1.26. The van der Waals surface area contributed by atoms with Crippen molar-refractivity contribution in [2.75, 3.05) is 26.2 Å². The number of urea groups is 1. The van der Waals surface area contributed by atoms with Crippen LogP contribution in [0.15, 0.2) is 0 Å². The van der Waals surface area contributed by atoms with E-state index in [1.165, 1.54) is 0 Å². The molecule has 0 aliphatic carbocycles. The van der Waals surface area contributed by atoms with Gasteiger partial charge in [-0.15, -0.1) is 0 Å². The predicted molar refractivity (Wildman–Crippen MR) is 76.5 cm³/mol. The Labute approximate surface area is 120 Å². The van der Waals surface area contributed by atoms with Crippen molar-refractivity contribution in [3.8, 4) is 0 Å². The van der Waals surface area contributed by atoms with E-state index in [0.717, 1.165) is 39.0 Å². The second kappa shape index (κ2) is 6.46. The topological polar surface area (TPSA) is 60.9 Å². The van der Waals surface area contributed by atoms with Crippen LogP contribution in [0.1, 0.15) is 39.5 Å². The molecular formula is C15H26N2O3. The smallest absolute Gasteiger partial charge is 0.320 e. The number of likely N-dealkylation sites (tertiary alicyclic amines) is 2. The third-order valence-corrected chi connectivity index (χ3v) is 4.81. The van der Waals surface area contributed by atoms with Crippen LogP contribution in [0.2, 0.25) is 0 Å². The van der Waals surface area contributed by atoms with Gasteiger partial charge in [0.05, 0.1) is 0 Å². The first-order chi connectivity index (χ1) is 9.47. The summed E-state index contributed by atoms with van der Waals surface area (Å²) in [5.41, 5.74) is 0. The SMILES string of the molecule is CC1CN(C(=O)N2CCCC(CCC(=O)O)C2)CC1C. The van der Waals surface area contributed by atoms with Gasteiger partial charge in [0, 0.05) is 32.6 Å². The highest BCUT2D eigenvalue weighted by atomic mass is 16.4. The van der Waals surface area contributed by atoms with Gasteiger partial charge in [-0.1, -0.05) is 13.8 Å². The highest BCUT2D eigenvalue weighted by molar-refractivity contribution is 5.75. The maximum atomic E-state index is 12.5. The van der Waals surface area contributed by atoms with E-state index in [2.05, 4.69) is 13.8 Å². The average Bonchev–Trinajstić information content (AvgIpc) is 2.76. The van der Waals surface area contributed by atoms with Gasteiger partial charge >= 0.3 is 12.0 Å². The van der Waals surface area contributed by atoms with Crippen molar-refractivity contribution >= 4 is 12.0 Å². The number of carboxylic acid groups (broad SMARTS) is 1. The van der Waals surface area contributed by atoms with E-state index >= 15 is 0 Å². The fraction of sp³-hybridized carbons (Fsp3) is 0.867. The number of hydrogen-bond acceptors (Lipinski definition) is 2. The Bertz CT molecular complexity index is 362. The quantitative estimate of drug-likeness (QED) is 0.863. The fourth-order valence-electron chi connectivity index (χ4n) is 3.29. The van der Waals surface area contributed by atoms with Crippen LogP contribution in [0.25, 0.3) is 0 Å². The molecule has 0 radical (unpaired) electrons. The van der Waals surface area contributed by atoms with E-state index in [1.54, 1.807) is 0 Å². The van der Waals surface area contributed by atoms with Crippen molar-refractivity contribution in [3.63, 3.8) is 0 Å². The minimum absolute atomic E-state index is 0.154. The normalized spacial score (nSPS) is 30.6. The molecule has 20 heavy (non-hydrogen) atoms. The highest BCUT2D eigenvalue weighted by Gasteiger charge is 2.33. The van der Waals surface area contributed by atoms with Crippen LogP contribution in [0, 0.1) is 17.8 Å². The monoisotopic (exact) mass is 282 g/mol. The first-order valence-corrected chi connectivity index (χ1v) is 7.73. The molecule has 2 rings (SSSR count). The molecule has 2 aliphatic heterocycles. The third kappa shape index (κ3) is 3.64. The number of rotatable bonds is 3. The van der Waals surface area contributed by atoms with Gasteiger partial charge in [0.2, 0.25) is 0 Å². The number of carbonyl (C=O) groups excluding carboxylic acids is 1. The maximum absolute atomic E-state index is 12.5. The minimum atomic E-state index is -0.740. The summed E-state index contributed by atoms with van der Waals surface area (Å²) in [5.74, 6) is 0.759. The molecule has 2 fully saturated rings. The van der Waals surface area contributed by atoms with Crippen LogP contribution in [0.3, 0.4) is 0 Å². The Morgan fingerprint density at radius 1 is 1.10 bits per heavy atom. The summed E-state index contributed by atoms with van der Waals surface area (Å²) >= 11 is 0. The lowest BCUT2D eigenvalue weighted by atomic mass is 9.93. The summed E-state index contributed by atoms with van der Waals surface area (Å²) < 4.78 is 0. The maximum Gasteiger partial charge on any atom is 0.320 e. The molecule has 114 valence electrons. The van der Waals surface area contributed by atoms with Gasteiger partial charge < -0.3 is 14.9 Å². The van der Waals surface area contributed by atoms with Gasteiger partial charge in [0.25, 0.3) is 0 Å². The number of piperidine rings is 1. The van der Waals surface area contributed by atoms with Crippen molar-refractivity contribution in [2.45, 2.75) is 39.5 Å². The number of carbonyl (C=O) groups is 2. The molecule has 2 heterocycles. The number of aliphatic carboxylic acids is 1. The molecular weight excluding hydrogens is 256 g/mol. The first kappa shape index (κ1) is 15.1. The van der Waals surface area contributed by atoms with Gasteiger partial charge in [-0.25, -0.2) is 4.79 Å². The molecule has 2 amide bonds. The Morgan fingerprint density at radius 3 is 2.35 bits per heavy atom. The average molecular weight is 282 g/mol. The molecule has 0 aromatic heterocycles. The number of amides is 2. The molecule has 0 bridgehead atoms. The summed E-state index contributed by atoms with van der Waals surface area (Å²) in [6.45, 7) is 7.66. The van der Waals surface area contributed by atoms with Crippen LogP contribution in [0.5, 0.6) is 0 Å². The van der Waals surface area contributed by atoms with Crippen LogP contribution in [-0.2, 0) is 4.79 Å². The van der Waals surface area contributed by atoms with Crippen LogP contribution < -0.4 is 0 Å². The highest BCUT2D eigenvalue weighted by Crippen LogP contribution is 2.26. The molecule has 2 saturated heterocycles. The Balaban J connectivity index is 1.85. The Morgan fingerprint density at radius 2 is 1.75 bits per heavy atom. The van der Waals surface area contributed by atoms with Crippen LogP contribution >= 0.6 is 0 Å². The van der Waals surface area contributed by atoms with E-state index in [4.69, 9.17) is 5.11 Å². The van der Waals surface area contributed by atoms with E-state index < -0.39 is 5.97 Å². The van der Waals surface area contributed by atoms with Crippen molar-refractivity contribution < 1.29 is 14.7 Å². The van der Waals surface area contributed by atoms with Crippen molar-refractivity contribution in [1.82, 2.24) is 9.80 Å². The van der Waals surface area contributed by atoms with Crippen molar-refractivity contribution in [1.29, 1.82) is 0 Å². The predicted octanol–water partition coefficient (Wildman–Crippen LogP) is 2.27. The van der Waals surface area contributed by atoms with Gasteiger partial charge in [-0.05, 0) is 37.0 Å². The second-order valence-corrected chi connectivity index (χ2v) is 6.53. The zero-order valence-electron chi connectivity index (χ0n) is 12.5.